The summed E-state index contributed by atoms with van der Waals surface area (Å²) in [5.41, 5.74) is 1.83. The van der Waals surface area contributed by atoms with Crippen LogP contribution in [0.3, 0.4) is 0 Å². The summed E-state index contributed by atoms with van der Waals surface area (Å²) in [5.74, 6) is -1.02. The van der Waals surface area contributed by atoms with Gasteiger partial charge in [-0.25, -0.2) is 12.8 Å². The summed E-state index contributed by atoms with van der Waals surface area (Å²) >= 11 is 5.75. The molecule has 0 aromatic heterocycles. The van der Waals surface area contributed by atoms with Gasteiger partial charge in [0.2, 0.25) is 15.9 Å². The first-order valence-electron chi connectivity index (χ1n) is 10.5. The summed E-state index contributed by atoms with van der Waals surface area (Å²) in [7, 11) is -3.78. The molecule has 2 aliphatic rings. The number of hydrogen-bond acceptors (Lipinski definition) is 4. The molecule has 9 heteroatoms. The second-order valence-electron chi connectivity index (χ2n) is 7.95. The van der Waals surface area contributed by atoms with Gasteiger partial charge in [0, 0.05) is 32.1 Å². The van der Waals surface area contributed by atoms with Gasteiger partial charge in [0.05, 0.1) is 21.3 Å². The summed E-state index contributed by atoms with van der Waals surface area (Å²) in [4.78, 5) is 15.1. The van der Waals surface area contributed by atoms with E-state index in [4.69, 9.17) is 11.6 Å². The molecule has 2 fully saturated rings. The molecule has 2 aromatic carbocycles. The molecule has 0 radical (unpaired) electrons. The largest absolute Gasteiger partial charge is 0.370 e. The topological polar surface area (TPSA) is 69.7 Å². The molecule has 166 valence electrons. The highest BCUT2D eigenvalue weighted by molar-refractivity contribution is 7.89. The van der Waals surface area contributed by atoms with Gasteiger partial charge in [-0.1, -0.05) is 23.7 Å². The molecule has 1 amide bonds. The zero-order valence-electron chi connectivity index (χ0n) is 17.1. The van der Waals surface area contributed by atoms with Crippen molar-refractivity contribution in [2.24, 2.45) is 5.92 Å². The van der Waals surface area contributed by atoms with Gasteiger partial charge in [0.15, 0.2) is 0 Å². The van der Waals surface area contributed by atoms with Crippen molar-refractivity contribution in [3.63, 3.8) is 0 Å². The molecule has 0 unspecified atom stereocenters. The molecule has 0 saturated carbocycles. The third kappa shape index (κ3) is 4.71. The van der Waals surface area contributed by atoms with E-state index in [2.05, 4.69) is 10.2 Å². The second kappa shape index (κ2) is 9.14. The van der Waals surface area contributed by atoms with Crippen LogP contribution in [0.5, 0.6) is 0 Å². The van der Waals surface area contributed by atoms with Crippen LogP contribution in [0.4, 0.5) is 15.8 Å². The summed E-state index contributed by atoms with van der Waals surface area (Å²) in [5, 5.41) is 2.82. The van der Waals surface area contributed by atoms with E-state index in [1.54, 1.807) is 0 Å². The van der Waals surface area contributed by atoms with Crippen LogP contribution in [0.1, 0.15) is 25.7 Å². The van der Waals surface area contributed by atoms with Crippen molar-refractivity contribution in [2.75, 3.05) is 36.4 Å². The van der Waals surface area contributed by atoms with Gasteiger partial charge in [-0.3, -0.25) is 4.79 Å². The fraction of sp³-hybridized carbons (Fsp3) is 0.409. The quantitative estimate of drug-likeness (QED) is 0.721. The third-order valence-corrected chi connectivity index (χ3v) is 8.15. The number of anilines is 2. The number of halogens is 2. The van der Waals surface area contributed by atoms with Gasteiger partial charge >= 0.3 is 0 Å². The van der Waals surface area contributed by atoms with Crippen molar-refractivity contribution >= 4 is 38.9 Å². The molecule has 2 aromatic rings. The summed E-state index contributed by atoms with van der Waals surface area (Å²) in [6.45, 7) is 2.42. The zero-order valence-corrected chi connectivity index (χ0v) is 18.6. The maximum absolute atomic E-state index is 13.4. The molecule has 0 atom stereocenters. The van der Waals surface area contributed by atoms with Gasteiger partial charge < -0.3 is 10.2 Å². The fourth-order valence-electron chi connectivity index (χ4n) is 4.19. The molecule has 0 aliphatic carbocycles. The highest BCUT2D eigenvalue weighted by Crippen LogP contribution is 2.31. The summed E-state index contributed by atoms with van der Waals surface area (Å²) in [6, 6.07) is 11.2. The Balaban J connectivity index is 1.40. The number of nitrogens with zero attached hydrogens (tertiary/aromatic N) is 2. The number of nitrogens with one attached hydrogen (secondary N) is 1. The molecule has 6 nitrogen and oxygen atoms in total. The van der Waals surface area contributed by atoms with Gasteiger partial charge in [-0.05, 0) is 56.0 Å². The summed E-state index contributed by atoms with van der Waals surface area (Å²) in [6.07, 6.45) is 3.14. The van der Waals surface area contributed by atoms with E-state index in [9.17, 15) is 17.6 Å². The number of carbonyl (C=O) groups excluding carboxylic acids is 1. The Kier molecular flexibility index (Phi) is 6.50. The number of sulfonamides is 1. The van der Waals surface area contributed by atoms with Crippen molar-refractivity contribution in [1.82, 2.24) is 4.31 Å². The molecule has 4 rings (SSSR count). The van der Waals surface area contributed by atoms with Crippen LogP contribution in [0.25, 0.3) is 0 Å². The number of benzene rings is 2. The molecule has 31 heavy (non-hydrogen) atoms. The van der Waals surface area contributed by atoms with E-state index in [1.807, 2.05) is 24.3 Å². The number of carbonyl (C=O) groups is 1. The molecular formula is C22H25ClFN3O3S. The Morgan fingerprint density at radius 3 is 2.39 bits per heavy atom. The second-order valence-corrected chi connectivity index (χ2v) is 10.3. The maximum atomic E-state index is 13.4. The number of rotatable bonds is 5. The SMILES string of the molecule is O=C(Nc1ccccc1N1CCCC1)C1CCN(S(=O)(=O)c2ccc(F)c(Cl)c2)CC1. The minimum absolute atomic E-state index is 0.0404. The van der Waals surface area contributed by atoms with E-state index < -0.39 is 15.8 Å². The first kappa shape index (κ1) is 22.0. The van der Waals surface area contributed by atoms with Crippen LogP contribution in [-0.2, 0) is 14.8 Å². The van der Waals surface area contributed by atoms with Crippen molar-refractivity contribution in [1.29, 1.82) is 0 Å². The summed E-state index contributed by atoms with van der Waals surface area (Å²) < 4.78 is 40.4. The van der Waals surface area contributed by atoms with Gasteiger partial charge in [-0.2, -0.15) is 4.31 Å². The molecule has 1 N–H and O–H groups in total. The van der Waals surface area contributed by atoms with E-state index in [0.29, 0.717) is 12.8 Å². The number of amides is 1. The van der Waals surface area contributed by atoms with Gasteiger partial charge in [0.25, 0.3) is 0 Å². The Hall–Kier alpha value is -2.16. The monoisotopic (exact) mass is 465 g/mol. The van der Waals surface area contributed by atoms with Crippen molar-refractivity contribution in [3.05, 3.63) is 53.3 Å². The lowest BCUT2D eigenvalue weighted by Crippen LogP contribution is -2.41. The smallest absolute Gasteiger partial charge is 0.243 e. The van der Waals surface area contributed by atoms with Crippen LogP contribution < -0.4 is 10.2 Å². The average Bonchev–Trinajstić information content (AvgIpc) is 3.31. The standard InChI is InChI=1S/C22H25ClFN3O3S/c23-18-15-17(7-8-19(18)24)31(29,30)27-13-9-16(10-14-27)22(28)25-20-5-1-2-6-21(20)26-11-3-4-12-26/h1-2,5-8,15-16H,3-4,9-14H2,(H,25,28). The highest BCUT2D eigenvalue weighted by Gasteiger charge is 2.32. The lowest BCUT2D eigenvalue weighted by Gasteiger charge is -2.31. The molecule has 2 saturated heterocycles. The van der Waals surface area contributed by atoms with E-state index in [1.165, 1.54) is 10.4 Å². The van der Waals surface area contributed by atoms with E-state index in [-0.39, 0.29) is 34.8 Å². The Morgan fingerprint density at radius 2 is 1.71 bits per heavy atom. The van der Waals surface area contributed by atoms with Crippen LogP contribution in [0, 0.1) is 11.7 Å². The fourth-order valence-corrected chi connectivity index (χ4v) is 5.93. The van der Waals surface area contributed by atoms with E-state index in [0.717, 1.165) is 49.4 Å². The minimum Gasteiger partial charge on any atom is -0.370 e. The van der Waals surface area contributed by atoms with Crippen LogP contribution in [0.2, 0.25) is 5.02 Å². The number of piperidine rings is 1. The number of hydrogen-bond donors (Lipinski definition) is 1. The minimum atomic E-state index is -3.78. The average molecular weight is 466 g/mol. The van der Waals surface area contributed by atoms with Crippen LogP contribution >= 0.6 is 11.6 Å². The molecule has 2 aliphatic heterocycles. The molecule has 0 spiro atoms. The molecule has 0 bridgehead atoms. The van der Waals surface area contributed by atoms with Crippen LogP contribution in [-0.4, -0.2) is 44.8 Å². The first-order chi connectivity index (χ1) is 14.9. The molecular weight excluding hydrogens is 441 g/mol. The van der Waals surface area contributed by atoms with Crippen LogP contribution in [0.15, 0.2) is 47.4 Å². The van der Waals surface area contributed by atoms with Crippen molar-refractivity contribution in [3.8, 4) is 0 Å². The van der Waals surface area contributed by atoms with Crippen molar-refractivity contribution in [2.45, 2.75) is 30.6 Å². The Labute approximate surface area is 187 Å². The van der Waals surface area contributed by atoms with Crippen molar-refractivity contribution < 1.29 is 17.6 Å². The lowest BCUT2D eigenvalue weighted by molar-refractivity contribution is -0.120. The van der Waals surface area contributed by atoms with Gasteiger partial charge in [0.1, 0.15) is 5.82 Å². The molecule has 2 heterocycles. The maximum Gasteiger partial charge on any atom is 0.243 e. The third-order valence-electron chi connectivity index (χ3n) is 5.96. The lowest BCUT2D eigenvalue weighted by atomic mass is 9.97. The van der Waals surface area contributed by atoms with E-state index >= 15 is 0 Å². The normalized spacial score (nSPS) is 18.3. The Morgan fingerprint density at radius 1 is 1.03 bits per heavy atom. The highest BCUT2D eigenvalue weighted by atomic mass is 35.5. The first-order valence-corrected chi connectivity index (χ1v) is 12.3. The zero-order chi connectivity index (χ0) is 22.0. The number of para-hydroxylation sites is 2. The predicted molar refractivity (Wildman–Crippen MR) is 119 cm³/mol. The van der Waals surface area contributed by atoms with Gasteiger partial charge in [-0.15, -0.1) is 0 Å². The predicted octanol–water partition coefficient (Wildman–Crippen LogP) is 4.12. The Bertz CT molecular complexity index is 1070.